The Morgan fingerprint density at radius 3 is 1.41 bits per heavy atom. The van der Waals surface area contributed by atoms with Crippen LogP contribution in [0.3, 0.4) is 0 Å². The van der Waals surface area contributed by atoms with Gasteiger partial charge in [-0.25, -0.2) is 9.59 Å². The van der Waals surface area contributed by atoms with E-state index in [1.54, 1.807) is 26.4 Å². The molecule has 32 heavy (non-hydrogen) atoms. The van der Waals surface area contributed by atoms with E-state index >= 15 is 0 Å². The van der Waals surface area contributed by atoms with Crippen molar-refractivity contribution in [3.05, 3.63) is 71.8 Å². The predicted octanol–water partition coefficient (Wildman–Crippen LogP) is 4.83. The van der Waals surface area contributed by atoms with E-state index in [0.29, 0.717) is 12.8 Å². The minimum Gasteiger partial charge on any atom is -0.497 e. The first kappa shape index (κ1) is 23.1. The van der Waals surface area contributed by atoms with E-state index in [4.69, 9.17) is 18.9 Å². The van der Waals surface area contributed by atoms with Crippen molar-refractivity contribution in [3.8, 4) is 11.5 Å². The molecular formula is C26H28O6. The third kappa shape index (κ3) is 7.01. The summed E-state index contributed by atoms with van der Waals surface area (Å²) in [6.07, 6.45) is 8.44. The summed E-state index contributed by atoms with van der Waals surface area (Å²) in [5.41, 5.74) is 1.72. The van der Waals surface area contributed by atoms with Crippen LogP contribution in [-0.4, -0.2) is 38.4 Å². The molecule has 0 amide bonds. The molecule has 1 aliphatic rings. The second-order valence-corrected chi connectivity index (χ2v) is 7.45. The van der Waals surface area contributed by atoms with Crippen LogP contribution in [0, 0.1) is 0 Å². The molecule has 1 aliphatic carbocycles. The number of carbonyl (C=O) groups is 2. The van der Waals surface area contributed by atoms with Crippen molar-refractivity contribution < 1.29 is 28.5 Å². The van der Waals surface area contributed by atoms with Gasteiger partial charge in [0.15, 0.2) is 0 Å². The number of hydrogen-bond acceptors (Lipinski definition) is 6. The molecule has 1 fully saturated rings. The lowest BCUT2D eigenvalue weighted by atomic mass is 9.94. The van der Waals surface area contributed by atoms with Crippen LogP contribution in [0.2, 0.25) is 0 Å². The van der Waals surface area contributed by atoms with Crippen molar-refractivity contribution in [2.75, 3.05) is 14.2 Å². The summed E-state index contributed by atoms with van der Waals surface area (Å²) < 4.78 is 21.4. The highest BCUT2D eigenvalue weighted by Gasteiger charge is 2.30. The second-order valence-electron chi connectivity index (χ2n) is 7.45. The van der Waals surface area contributed by atoms with Crippen LogP contribution in [0.1, 0.15) is 36.8 Å². The van der Waals surface area contributed by atoms with E-state index in [-0.39, 0.29) is 0 Å². The van der Waals surface area contributed by atoms with Gasteiger partial charge in [0.25, 0.3) is 0 Å². The maximum absolute atomic E-state index is 12.3. The summed E-state index contributed by atoms with van der Waals surface area (Å²) >= 11 is 0. The highest BCUT2D eigenvalue weighted by molar-refractivity contribution is 5.88. The van der Waals surface area contributed by atoms with Crippen molar-refractivity contribution in [2.45, 2.75) is 37.9 Å². The third-order valence-corrected chi connectivity index (χ3v) is 5.23. The fourth-order valence-electron chi connectivity index (χ4n) is 3.47. The SMILES string of the molecule is COc1ccc(C=CC(=O)O[C@H]2CCCC[C@@H]2OC(=O)C=Cc2ccc(OC)cc2)cc1. The van der Waals surface area contributed by atoms with Crippen molar-refractivity contribution in [3.63, 3.8) is 0 Å². The largest absolute Gasteiger partial charge is 0.497 e. The van der Waals surface area contributed by atoms with Crippen LogP contribution in [0.4, 0.5) is 0 Å². The van der Waals surface area contributed by atoms with E-state index in [0.717, 1.165) is 35.5 Å². The van der Waals surface area contributed by atoms with Crippen LogP contribution in [0.5, 0.6) is 11.5 Å². The van der Waals surface area contributed by atoms with Gasteiger partial charge in [-0.1, -0.05) is 24.3 Å². The lowest BCUT2D eigenvalue weighted by Crippen LogP contribution is -2.37. The van der Waals surface area contributed by atoms with Gasteiger partial charge in [-0.3, -0.25) is 0 Å². The zero-order valence-electron chi connectivity index (χ0n) is 18.4. The summed E-state index contributed by atoms with van der Waals surface area (Å²) in [6.45, 7) is 0. The van der Waals surface area contributed by atoms with Crippen molar-refractivity contribution in [1.29, 1.82) is 0 Å². The van der Waals surface area contributed by atoms with Gasteiger partial charge in [-0.05, 0) is 73.2 Å². The number of hydrogen-bond donors (Lipinski definition) is 0. The lowest BCUT2D eigenvalue weighted by Gasteiger charge is -2.30. The van der Waals surface area contributed by atoms with Crippen LogP contribution >= 0.6 is 0 Å². The first-order valence-corrected chi connectivity index (χ1v) is 10.6. The number of benzene rings is 2. The normalized spacial score (nSPS) is 18.4. The number of ether oxygens (including phenoxy) is 4. The standard InChI is InChI=1S/C26H28O6/c1-29-21-13-7-19(8-14-21)11-17-25(27)31-23-5-3-4-6-24(23)32-26(28)18-12-20-9-15-22(30-2)16-10-20/h7-18,23-24H,3-6H2,1-2H3/t23-,24-/m0/s1. The van der Waals surface area contributed by atoms with Gasteiger partial charge >= 0.3 is 11.9 Å². The summed E-state index contributed by atoms with van der Waals surface area (Å²) in [5, 5.41) is 0. The molecule has 6 heteroatoms. The summed E-state index contributed by atoms with van der Waals surface area (Å²) in [5.74, 6) is 0.584. The number of carbonyl (C=O) groups excluding carboxylic acids is 2. The third-order valence-electron chi connectivity index (χ3n) is 5.23. The second kappa shape index (κ2) is 11.7. The minimum atomic E-state index is -0.456. The Balaban J connectivity index is 1.53. The Morgan fingerprint density at radius 1 is 0.688 bits per heavy atom. The summed E-state index contributed by atoms with van der Waals surface area (Å²) in [4.78, 5) is 24.6. The van der Waals surface area contributed by atoms with Gasteiger partial charge in [0.2, 0.25) is 0 Å². The fraction of sp³-hybridized carbons (Fsp3) is 0.308. The Kier molecular flexibility index (Phi) is 8.49. The predicted molar refractivity (Wildman–Crippen MR) is 122 cm³/mol. The van der Waals surface area contributed by atoms with Gasteiger partial charge in [-0.2, -0.15) is 0 Å². The molecule has 0 radical (unpaired) electrons. The first-order chi connectivity index (χ1) is 15.6. The zero-order chi connectivity index (χ0) is 22.8. The highest BCUT2D eigenvalue weighted by Crippen LogP contribution is 2.25. The average Bonchev–Trinajstić information content (AvgIpc) is 2.83. The van der Waals surface area contributed by atoms with Crippen LogP contribution < -0.4 is 9.47 Å². The quantitative estimate of drug-likeness (QED) is 0.436. The Labute approximate surface area is 188 Å². The number of esters is 2. The molecule has 6 nitrogen and oxygen atoms in total. The molecule has 2 atom stereocenters. The van der Waals surface area contributed by atoms with E-state index < -0.39 is 24.1 Å². The summed E-state index contributed by atoms with van der Waals surface area (Å²) in [6, 6.07) is 14.7. The first-order valence-electron chi connectivity index (χ1n) is 10.6. The van der Waals surface area contributed by atoms with Crippen LogP contribution in [0.15, 0.2) is 60.7 Å². The smallest absolute Gasteiger partial charge is 0.331 e. The molecule has 3 rings (SSSR count). The average molecular weight is 437 g/mol. The Bertz CT molecular complexity index is 864. The molecule has 0 saturated heterocycles. The topological polar surface area (TPSA) is 71.1 Å². The fourth-order valence-corrected chi connectivity index (χ4v) is 3.47. The molecule has 0 bridgehead atoms. The molecule has 0 spiro atoms. The van der Waals surface area contributed by atoms with Gasteiger partial charge in [0.05, 0.1) is 14.2 Å². The van der Waals surface area contributed by atoms with E-state index in [1.165, 1.54) is 12.2 Å². The van der Waals surface area contributed by atoms with Crippen molar-refractivity contribution in [2.24, 2.45) is 0 Å². The molecule has 2 aromatic carbocycles. The van der Waals surface area contributed by atoms with Gasteiger partial charge < -0.3 is 18.9 Å². The van der Waals surface area contributed by atoms with Crippen LogP contribution in [0.25, 0.3) is 12.2 Å². The summed E-state index contributed by atoms with van der Waals surface area (Å²) in [7, 11) is 3.20. The molecule has 168 valence electrons. The van der Waals surface area contributed by atoms with Crippen molar-refractivity contribution >= 4 is 24.1 Å². The minimum absolute atomic E-state index is 0.449. The van der Waals surface area contributed by atoms with Gasteiger partial charge in [0.1, 0.15) is 23.7 Å². The molecular weight excluding hydrogens is 408 g/mol. The Morgan fingerprint density at radius 2 is 1.06 bits per heavy atom. The lowest BCUT2D eigenvalue weighted by molar-refractivity contribution is -0.165. The molecule has 0 unspecified atom stereocenters. The van der Waals surface area contributed by atoms with E-state index in [9.17, 15) is 9.59 Å². The van der Waals surface area contributed by atoms with Gasteiger partial charge in [-0.15, -0.1) is 0 Å². The van der Waals surface area contributed by atoms with Gasteiger partial charge in [0, 0.05) is 12.2 Å². The van der Waals surface area contributed by atoms with E-state index in [1.807, 2.05) is 48.5 Å². The molecule has 0 aromatic heterocycles. The van der Waals surface area contributed by atoms with Crippen LogP contribution in [-0.2, 0) is 19.1 Å². The maximum Gasteiger partial charge on any atom is 0.331 e. The molecule has 2 aromatic rings. The molecule has 0 heterocycles. The number of rotatable bonds is 8. The van der Waals surface area contributed by atoms with E-state index in [2.05, 4.69) is 0 Å². The molecule has 0 N–H and O–H groups in total. The zero-order valence-corrected chi connectivity index (χ0v) is 18.4. The molecule has 1 saturated carbocycles. The monoisotopic (exact) mass is 436 g/mol. The maximum atomic E-state index is 12.3. The molecule has 0 aliphatic heterocycles. The Hall–Kier alpha value is -3.54. The highest BCUT2D eigenvalue weighted by atomic mass is 16.6. The van der Waals surface area contributed by atoms with Crippen molar-refractivity contribution in [1.82, 2.24) is 0 Å². The number of methoxy groups -OCH3 is 2.